The highest BCUT2D eigenvalue weighted by Gasteiger charge is 2.16. The Kier molecular flexibility index (Phi) is 3.24. The summed E-state index contributed by atoms with van der Waals surface area (Å²) in [5, 5.41) is 3.16. The highest BCUT2D eigenvalue weighted by Crippen LogP contribution is 2.37. The molecule has 2 aromatic heterocycles. The van der Waals surface area contributed by atoms with E-state index in [-0.39, 0.29) is 0 Å². The van der Waals surface area contributed by atoms with E-state index in [1.54, 1.807) is 11.3 Å². The Labute approximate surface area is 137 Å². The second-order valence-electron chi connectivity index (χ2n) is 4.49. The molecule has 0 spiro atoms. The van der Waals surface area contributed by atoms with Gasteiger partial charge < -0.3 is 9.47 Å². The Hall–Kier alpha value is -1.37. The Bertz CT molecular complexity index is 852. The number of aromatic nitrogens is 2. The molecule has 0 radical (unpaired) electrons. The fraction of sp³-hybridized carbons (Fsp3) is 0.143. The minimum absolute atomic E-state index is 0.411. The van der Waals surface area contributed by atoms with E-state index in [2.05, 4.69) is 25.9 Å². The minimum atomic E-state index is 0.411. The minimum Gasteiger partial charge on any atom is -0.486 e. The average Bonchev–Trinajstić information content (AvgIpc) is 2.92. The van der Waals surface area contributed by atoms with Crippen LogP contribution in [0.4, 0.5) is 0 Å². The molecular weight excluding hydrogens is 376 g/mol. The molecule has 1 aliphatic heterocycles. The lowest BCUT2D eigenvalue weighted by molar-refractivity contribution is 0.172. The van der Waals surface area contributed by atoms with Crippen LogP contribution < -0.4 is 9.47 Å². The Balaban J connectivity index is 1.92. The molecule has 7 heteroatoms. The SMILES string of the molecule is Clc1nc(-c2csc(Br)c2)nc2cc3c(cc12)OCCO3. The number of benzene rings is 1. The normalized spacial score (nSPS) is 13.6. The van der Waals surface area contributed by atoms with E-state index in [4.69, 9.17) is 21.1 Å². The number of fused-ring (bicyclic) bond motifs is 2. The number of nitrogens with zero attached hydrogens (tertiary/aromatic N) is 2. The van der Waals surface area contributed by atoms with Gasteiger partial charge in [-0.2, -0.15) is 0 Å². The first-order valence-electron chi connectivity index (χ1n) is 6.22. The van der Waals surface area contributed by atoms with Gasteiger partial charge in [0, 0.05) is 22.4 Å². The lowest BCUT2D eigenvalue weighted by atomic mass is 10.2. The van der Waals surface area contributed by atoms with Gasteiger partial charge in [0.2, 0.25) is 0 Å². The lowest BCUT2D eigenvalue weighted by Crippen LogP contribution is -2.15. The van der Waals surface area contributed by atoms with Crippen molar-refractivity contribution in [3.8, 4) is 22.9 Å². The molecule has 3 heterocycles. The zero-order valence-electron chi connectivity index (χ0n) is 10.6. The van der Waals surface area contributed by atoms with Crippen LogP contribution in [0.15, 0.2) is 27.4 Å². The predicted octanol–water partition coefficient (Wildman–Crippen LogP) is 4.55. The van der Waals surface area contributed by atoms with Crippen LogP contribution in [0, 0.1) is 0 Å². The maximum atomic E-state index is 6.31. The quantitative estimate of drug-likeness (QED) is 0.578. The molecule has 0 saturated carbocycles. The fourth-order valence-electron chi connectivity index (χ4n) is 2.18. The third kappa shape index (κ3) is 2.37. The first-order valence-corrected chi connectivity index (χ1v) is 8.27. The molecule has 0 saturated heterocycles. The van der Waals surface area contributed by atoms with Crippen molar-refractivity contribution < 1.29 is 9.47 Å². The Morgan fingerprint density at radius 1 is 1.10 bits per heavy atom. The van der Waals surface area contributed by atoms with Gasteiger partial charge in [-0.25, -0.2) is 9.97 Å². The summed E-state index contributed by atoms with van der Waals surface area (Å²) in [4.78, 5) is 8.96. The topological polar surface area (TPSA) is 44.2 Å². The zero-order valence-corrected chi connectivity index (χ0v) is 13.8. The number of halogens is 2. The molecule has 106 valence electrons. The van der Waals surface area contributed by atoms with E-state index in [1.165, 1.54) is 0 Å². The third-order valence-electron chi connectivity index (χ3n) is 3.14. The van der Waals surface area contributed by atoms with Gasteiger partial charge in [0.25, 0.3) is 0 Å². The van der Waals surface area contributed by atoms with Crippen molar-refractivity contribution in [3.05, 3.63) is 32.5 Å². The molecule has 3 aromatic rings. The summed E-state index contributed by atoms with van der Waals surface area (Å²) in [6.45, 7) is 1.08. The van der Waals surface area contributed by atoms with Gasteiger partial charge >= 0.3 is 0 Å². The summed E-state index contributed by atoms with van der Waals surface area (Å²) in [6, 6.07) is 5.65. The summed E-state index contributed by atoms with van der Waals surface area (Å²) in [5.74, 6) is 1.98. The number of thiophene rings is 1. The number of rotatable bonds is 1. The third-order valence-corrected chi connectivity index (χ3v) is 4.93. The average molecular weight is 384 g/mol. The van der Waals surface area contributed by atoms with Crippen LogP contribution in [-0.4, -0.2) is 23.2 Å². The van der Waals surface area contributed by atoms with Crippen molar-refractivity contribution in [2.24, 2.45) is 0 Å². The standard InChI is InChI=1S/C14H8BrClN2O2S/c15-12-3-7(6-21-12)14-17-9-5-11-10(19-1-2-20-11)4-8(9)13(16)18-14/h3-6H,1-2H2. The van der Waals surface area contributed by atoms with Crippen molar-refractivity contribution in [2.75, 3.05) is 13.2 Å². The molecular formula is C14H8BrClN2O2S. The summed E-state index contributed by atoms with van der Waals surface area (Å²) < 4.78 is 12.2. The highest BCUT2D eigenvalue weighted by molar-refractivity contribution is 9.11. The van der Waals surface area contributed by atoms with Crippen LogP contribution >= 0.6 is 38.9 Å². The van der Waals surface area contributed by atoms with E-state index < -0.39 is 0 Å². The predicted molar refractivity (Wildman–Crippen MR) is 86.6 cm³/mol. The molecule has 0 fully saturated rings. The van der Waals surface area contributed by atoms with Gasteiger partial charge in [0.15, 0.2) is 17.3 Å². The second-order valence-corrected chi connectivity index (χ2v) is 7.14. The van der Waals surface area contributed by atoms with Crippen LogP contribution in [0.2, 0.25) is 5.15 Å². The van der Waals surface area contributed by atoms with Gasteiger partial charge in [-0.1, -0.05) is 11.6 Å². The molecule has 0 bridgehead atoms. The molecule has 1 aromatic carbocycles. The summed E-state index contributed by atoms with van der Waals surface area (Å²) in [7, 11) is 0. The first kappa shape index (κ1) is 13.3. The zero-order chi connectivity index (χ0) is 14.4. The summed E-state index contributed by atoms with van der Waals surface area (Å²) in [6.07, 6.45) is 0. The lowest BCUT2D eigenvalue weighted by Gasteiger charge is -2.18. The largest absolute Gasteiger partial charge is 0.486 e. The van der Waals surface area contributed by atoms with E-state index in [1.807, 2.05) is 23.6 Å². The van der Waals surface area contributed by atoms with E-state index in [9.17, 15) is 0 Å². The molecule has 1 aliphatic rings. The van der Waals surface area contributed by atoms with Gasteiger partial charge in [0.05, 0.1) is 9.30 Å². The van der Waals surface area contributed by atoms with Crippen molar-refractivity contribution >= 4 is 49.8 Å². The maximum absolute atomic E-state index is 6.31. The summed E-state index contributed by atoms with van der Waals surface area (Å²) >= 11 is 11.3. The molecule has 0 atom stereocenters. The van der Waals surface area contributed by atoms with E-state index in [0.717, 1.165) is 20.3 Å². The molecule has 0 N–H and O–H groups in total. The van der Waals surface area contributed by atoms with E-state index >= 15 is 0 Å². The Morgan fingerprint density at radius 2 is 1.86 bits per heavy atom. The monoisotopic (exact) mass is 382 g/mol. The van der Waals surface area contributed by atoms with Crippen LogP contribution in [0.1, 0.15) is 0 Å². The van der Waals surface area contributed by atoms with Crippen LogP contribution in [0.3, 0.4) is 0 Å². The van der Waals surface area contributed by atoms with Crippen LogP contribution in [-0.2, 0) is 0 Å². The van der Waals surface area contributed by atoms with Crippen molar-refractivity contribution in [2.45, 2.75) is 0 Å². The van der Waals surface area contributed by atoms with Crippen LogP contribution in [0.5, 0.6) is 11.5 Å². The smallest absolute Gasteiger partial charge is 0.163 e. The van der Waals surface area contributed by atoms with Crippen molar-refractivity contribution in [1.29, 1.82) is 0 Å². The maximum Gasteiger partial charge on any atom is 0.163 e. The Morgan fingerprint density at radius 3 is 2.57 bits per heavy atom. The number of hydrogen-bond acceptors (Lipinski definition) is 5. The van der Waals surface area contributed by atoms with Gasteiger partial charge in [-0.05, 0) is 28.1 Å². The van der Waals surface area contributed by atoms with E-state index in [0.29, 0.717) is 35.7 Å². The second kappa shape index (κ2) is 5.12. The molecule has 0 amide bonds. The van der Waals surface area contributed by atoms with Crippen molar-refractivity contribution in [3.63, 3.8) is 0 Å². The molecule has 0 aliphatic carbocycles. The fourth-order valence-corrected chi connectivity index (χ4v) is 3.55. The first-order chi connectivity index (χ1) is 10.2. The van der Waals surface area contributed by atoms with Gasteiger partial charge in [-0.3, -0.25) is 0 Å². The van der Waals surface area contributed by atoms with Crippen molar-refractivity contribution in [1.82, 2.24) is 9.97 Å². The summed E-state index contributed by atoms with van der Waals surface area (Å²) in [5.41, 5.74) is 1.68. The molecule has 21 heavy (non-hydrogen) atoms. The number of hydrogen-bond donors (Lipinski definition) is 0. The highest BCUT2D eigenvalue weighted by atomic mass is 79.9. The van der Waals surface area contributed by atoms with Gasteiger partial charge in [-0.15, -0.1) is 11.3 Å². The molecule has 0 unspecified atom stereocenters. The molecule has 4 nitrogen and oxygen atoms in total. The number of ether oxygens (including phenoxy) is 2. The van der Waals surface area contributed by atoms with Gasteiger partial charge in [0.1, 0.15) is 18.4 Å². The van der Waals surface area contributed by atoms with Crippen LogP contribution in [0.25, 0.3) is 22.3 Å². The molecule has 4 rings (SSSR count).